The number of nitrogens with one attached hydrogen (secondary N) is 2. The molecule has 3 heterocycles. The summed E-state index contributed by atoms with van der Waals surface area (Å²) in [6, 6.07) is 11.1. The highest BCUT2D eigenvalue weighted by molar-refractivity contribution is 5.95. The topological polar surface area (TPSA) is 146 Å². The number of ether oxygens (including phenoxy) is 1. The summed E-state index contributed by atoms with van der Waals surface area (Å²) < 4.78 is 7.53. The summed E-state index contributed by atoms with van der Waals surface area (Å²) in [4.78, 5) is 25.3. The van der Waals surface area contributed by atoms with Crippen molar-refractivity contribution in [2.45, 2.75) is 33.0 Å². The number of aromatic nitrogens is 6. The minimum atomic E-state index is -0.145. The summed E-state index contributed by atoms with van der Waals surface area (Å²) in [7, 11) is 0. The lowest BCUT2D eigenvalue weighted by Crippen LogP contribution is -2.23. The number of carbonyl (C=O) groups excluding carboxylic acids is 1. The van der Waals surface area contributed by atoms with Crippen molar-refractivity contribution in [1.82, 2.24) is 35.0 Å². The van der Waals surface area contributed by atoms with Gasteiger partial charge in [0.05, 0.1) is 19.8 Å². The molecule has 4 rings (SSSR count). The number of anilines is 1. The van der Waals surface area contributed by atoms with E-state index in [1.165, 1.54) is 6.33 Å². The fraction of sp³-hybridized carbons (Fsp3) is 0.308. The lowest BCUT2D eigenvalue weighted by Gasteiger charge is -2.12. The molecule has 0 aliphatic heterocycles. The summed E-state index contributed by atoms with van der Waals surface area (Å²) >= 11 is 0. The molecule has 11 nitrogen and oxygen atoms in total. The molecule has 0 radical (unpaired) electrons. The fourth-order valence-corrected chi connectivity index (χ4v) is 3.83. The van der Waals surface area contributed by atoms with Crippen molar-refractivity contribution in [2.24, 2.45) is 5.73 Å². The van der Waals surface area contributed by atoms with Gasteiger partial charge in [0, 0.05) is 49.5 Å². The molecule has 4 aromatic rings. The standard InChI is InChI=1S/C26H31N9O2/c1-2-19-15-28-9-6-21(19)16-31-26(36)20-4-3-5-22(14-20)30-17-24-33-34-25(23-7-10-29-18-32-23)35(24)11-13-37-12-8-27/h3-7,9-10,14-15,18,30H,2,8,11-13,16-17,27H2,1H3,(H,31,36). The SMILES string of the molecule is CCc1cnccc1CNC(=O)c1cccc(NCc2nnc(-c3ccncn3)n2CCOCCN)c1. The van der Waals surface area contributed by atoms with Crippen LogP contribution in [0.25, 0.3) is 11.5 Å². The van der Waals surface area contributed by atoms with Crippen molar-refractivity contribution in [3.05, 3.63) is 83.8 Å². The molecule has 37 heavy (non-hydrogen) atoms. The van der Waals surface area contributed by atoms with Crippen LogP contribution in [-0.4, -0.2) is 55.4 Å². The normalized spacial score (nSPS) is 10.9. The Morgan fingerprint density at radius 1 is 1.05 bits per heavy atom. The number of nitrogens with two attached hydrogens (primary N) is 1. The van der Waals surface area contributed by atoms with Crippen LogP contribution in [-0.2, 0) is 30.8 Å². The van der Waals surface area contributed by atoms with Gasteiger partial charge in [-0.2, -0.15) is 0 Å². The molecule has 0 fully saturated rings. The maximum atomic E-state index is 12.8. The molecular weight excluding hydrogens is 470 g/mol. The van der Waals surface area contributed by atoms with Crippen LogP contribution in [0.2, 0.25) is 0 Å². The summed E-state index contributed by atoms with van der Waals surface area (Å²) in [5.41, 5.74) is 9.75. The molecule has 0 aliphatic rings. The summed E-state index contributed by atoms with van der Waals surface area (Å²) in [5.74, 6) is 1.20. The van der Waals surface area contributed by atoms with Gasteiger partial charge in [-0.3, -0.25) is 9.78 Å². The van der Waals surface area contributed by atoms with E-state index < -0.39 is 0 Å². The zero-order chi connectivity index (χ0) is 25.9. The Morgan fingerprint density at radius 3 is 2.76 bits per heavy atom. The van der Waals surface area contributed by atoms with Gasteiger partial charge in [0.25, 0.3) is 5.91 Å². The monoisotopic (exact) mass is 501 g/mol. The number of nitrogens with zero attached hydrogens (tertiary/aromatic N) is 6. The number of rotatable bonds is 13. The van der Waals surface area contributed by atoms with E-state index in [1.807, 2.05) is 35.0 Å². The van der Waals surface area contributed by atoms with Crippen LogP contribution >= 0.6 is 0 Å². The van der Waals surface area contributed by atoms with Crippen LogP contribution in [0.5, 0.6) is 0 Å². The van der Waals surface area contributed by atoms with Crippen LogP contribution in [0.4, 0.5) is 5.69 Å². The Bertz CT molecular complexity index is 1290. The Labute approximate surface area is 215 Å². The predicted octanol–water partition coefficient (Wildman–Crippen LogP) is 2.21. The third kappa shape index (κ3) is 6.93. The number of aryl methyl sites for hydroxylation is 1. The lowest BCUT2D eigenvalue weighted by molar-refractivity contribution is 0.0951. The maximum absolute atomic E-state index is 12.8. The van der Waals surface area contributed by atoms with Crippen molar-refractivity contribution >= 4 is 11.6 Å². The van der Waals surface area contributed by atoms with E-state index >= 15 is 0 Å². The molecule has 3 aromatic heterocycles. The molecule has 0 spiro atoms. The summed E-state index contributed by atoms with van der Waals surface area (Å²) in [6.07, 6.45) is 7.58. The number of benzene rings is 1. The molecule has 4 N–H and O–H groups in total. The molecule has 0 saturated carbocycles. The number of amides is 1. The molecular formula is C26H31N9O2. The minimum Gasteiger partial charge on any atom is -0.378 e. The van der Waals surface area contributed by atoms with E-state index in [0.29, 0.717) is 62.3 Å². The van der Waals surface area contributed by atoms with E-state index in [2.05, 4.69) is 42.7 Å². The minimum absolute atomic E-state index is 0.145. The van der Waals surface area contributed by atoms with Crippen LogP contribution in [0, 0.1) is 0 Å². The van der Waals surface area contributed by atoms with Gasteiger partial charge in [0.1, 0.15) is 12.0 Å². The van der Waals surface area contributed by atoms with Crippen molar-refractivity contribution < 1.29 is 9.53 Å². The van der Waals surface area contributed by atoms with Gasteiger partial charge < -0.3 is 25.7 Å². The third-order valence-corrected chi connectivity index (χ3v) is 5.76. The molecule has 0 bridgehead atoms. The second-order valence-electron chi connectivity index (χ2n) is 8.20. The van der Waals surface area contributed by atoms with E-state index in [4.69, 9.17) is 10.5 Å². The second-order valence-corrected chi connectivity index (χ2v) is 8.20. The number of pyridine rings is 1. The van der Waals surface area contributed by atoms with E-state index in [0.717, 1.165) is 23.2 Å². The van der Waals surface area contributed by atoms with E-state index in [1.54, 1.807) is 24.5 Å². The molecule has 1 amide bonds. The lowest BCUT2D eigenvalue weighted by atomic mass is 10.1. The predicted molar refractivity (Wildman–Crippen MR) is 139 cm³/mol. The first-order valence-corrected chi connectivity index (χ1v) is 12.2. The second kappa shape index (κ2) is 13.2. The highest BCUT2D eigenvalue weighted by Gasteiger charge is 2.15. The van der Waals surface area contributed by atoms with Gasteiger partial charge in [-0.05, 0) is 47.9 Å². The number of hydrogen-bond donors (Lipinski definition) is 3. The highest BCUT2D eigenvalue weighted by Crippen LogP contribution is 2.17. The number of hydrogen-bond acceptors (Lipinski definition) is 9. The van der Waals surface area contributed by atoms with Gasteiger partial charge in [-0.1, -0.05) is 13.0 Å². The van der Waals surface area contributed by atoms with Gasteiger partial charge in [0.15, 0.2) is 11.6 Å². The summed E-state index contributed by atoms with van der Waals surface area (Å²) in [6.45, 7) is 4.87. The third-order valence-electron chi connectivity index (χ3n) is 5.76. The van der Waals surface area contributed by atoms with E-state index in [9.17, 15) is 4.79 Å². The van der Waals surface area contributed by atoms with Crippen molar-refractivity contribution in [3.8, 4) is 11.5 Å². The average Bonchev–Trinajstić information content (AvgIpc) is 3.36. The average molecular weight is 502 g/mol. The number of carbonyl (C=O) groups is 1. The van der Waals surface area contributed by atoms with Crippen LogP contribution in [0.1, 0.15) is 34.2 Å². The maximum Gasteiger partial charge on any atom is 0.251 e. The molecule has 192 valence electrons. The molecule has 11 heteroatoms. The fourth-order valence-electron chi connectivity index (χ4n) is 3.83. The van der Waals surface area contributed by atoms with Crippen molar-refractivity contribution in [2.75, 3.05) is 25.1 Å². The first kappa shape index (κ1) is 25.9. The Hall–Kier alpha value is -4.22. The molecule has 1 aromatic carbocycles. The van der Waals surface area contributed by atoms with Gasteiger partial charge in [-0.25, -0.2) is 9.97 Å². The zero-order valence-electron chi connectivity index (χ0n) is 20.8. The smallest absolute Gasteiger partial charge is 0.251 e. The molecule has 0 atom stereocenters. The van der Waals surface area contributed by atoms with Crippen molar-refractivity contribution in [1.29, 1.82) is 0 Å². The first-order valence-electron chi connectivity index (χ1n) is 12.2. The quantitative estimate of drug-likeness (QED) is 0.235. The van der Waals surface area contributed by atoms with Gasteiger partial charge >= 0.3 is 0 Å². The zero-order valence-corrected chi connectivity index (χ0v) is 20.8. The molecule has 0 saturated heterocycles. The van der Waals surface area contributed by atoms with Crippen molar-refractivity contribution in [3.63, 3.8) is 0 Å². The molecule has 0 unspecified atom stereocenters. The van der Waals surface area contributed by atoms with Gasteiger partial charge in [0.2, 0.25) is 0 Å². The van der Waals surface area contributed by atoms with Crippen LogP contribution in [0.15, 0.2) is 61.3 Å². The van der Waals surface area contributed by atoms with Gasteiger partial charge in [-0.15, -0.1) is 10.2 Å². The Morgan fingerprint density at radius 2 is 1.95 bits per heavy atom. The first-order chi connectivity index (χ1) is 18.2. The van der Waals surface area contributed by atoms with E-state index in [-0.39, 0.29) is 5.91 Å². The summed E-state index contributed by atoms with van der Waals surface area (Å²) in [5, 5.41) is 15.1. The largest absolute Gasteiger partial charge is 0.378 e. The Kier molecular flexibility index (Phi) is 9.22. The Balaban J connectivity index is 1.43. The highest BCUT2D eigenvalue weighted by atomic mass is 16.5. The van der Waals surface area contributed by atoms with Crippen LogP contribution < -0.4 is 16.4 Å². The van der Waals surface area contributed by atoms with Crippen LogP contribution in [0.3, 0.4) is 0 Å². The molecule has 0 aliphatic carbocycles.